The van der Waals surface area contributed by atoms with Crippen molar-refractivity contribution in [2.24, 2.45) is 0 Å². The van der Waals surface area contributed by atoms with Crippen molar-refractivity contribution in [3.63, 3.8) is 0 Å². The van der Waals surface area contributed by atoms with Gasteiger partial charge in [0.25, 0.3) is 5.91 Å². The molecule has 1 unspecified atom stereocenters. The zero-order chi connectivity index (χ0) is 15.6. The lowest BCUT2D eigenvalue weighted by Gasteiger charge is -2.32. The Morgan fingerprint density at radius 1 is 1.43 bits per heavy atom. The highest BCUT2D eigenvalue weighted by molar-refractivity contribution is 6.36. The SMILES string of the molecule is COc1c(Cl)cc(Cl)cc1C(=O)N1CCNC(C(=O)O)C1. The molecule has 114 valence electrons. The summed E-state index contributed by atoms with van der Waals surface area (Å²) in [6, 6.07) is 2.16. The predicted molar refractivity (Wildman–Crippen MR) is 78.3 cm³/mol. The second-order valence-corrected chi connectivity index (χ2v) is 5.41. The van der Waals surface area contributed by atoms with Gasteiger partial charge in [0.1, 0.15) is 11.8 Å². The molecule has 21 heavy (non-hydrogen) atoms. The largest absolute Gasteiger partial charge is 0.494 e. The van der Waals surface area contributed by atoms with Crippen LogP contribution in [-0.2, 0) is 4.79 Å². The van der Waals surface area contributed by atoms with E-state index in [9.17, 15) is 9.59 Å². The van der Waals surface area contributed by atoms with Gasteiger partial charge < -0.3 is 20.1 Å². The molecule has 1 amide bonds. The Labute approximate surface area is 131 Å². The number of amides is 1. The van der Waals surface area contributed by atoms with Crippen LogP contribution in [0.25, 0.3) is 0 Å². The number of ether oxygens (including phenoxy) is 1. The number of carbonyl (C=O) groups is 2. The molecule has 1 heterocycles. The summed E-state index contributed by atoms with van der Waals surface area (Å²) in [7, 11) is 1.41. The lowest BCUT2D eigenvalue weighted by Crippen LogP contribution is -2.55. The summed E-state index contributed by atoms with van der Waals surface area (Å²) >= 11 is 11.9. The number of nitrogens with zero attached hydrogens (tertiary/aromatic N) is 1. The summed E-state index contributed by atoms with van der Waals surface area (Å²) in [6.45, 7) is 0.872. The Balaban J connectivity index is 2.29. The van der Waals surface area contributed by atoms with Crippen molar-refractivity contribution in [3.8, 4) is 5.75 Å². The van der Waals surface area contributed by atoms with Crippen molar-refractivity contribution in [3.05, 3.63) is 27.7 Å². The minimum Gasteiger partial charge on any atom is -0.494 e. The number of carboxylic acids is 1. The zero-order valence-electron chi connectivity index (χ0n) is 11.2. The zero-order valence-corrected chi connectivity index (χ0v) is 12.7. The van der Waals surface area contributed by atoms with Gasteiger partial charge in [-0.1, -0.05) is 23.2 Å². The highest BCUT2D eigenvalue weighted by Gasteiger charge is 2.30. The Morgan fingerprint density at radius 3 is 2.76 bits per heavy atom. The monoisotopic (exact) mass is 332 g/mol. The lowest BCUT2D eigenvalue weighted by molar-refractivity contribution is -0.140. The van der Waals surface area contributed by atoms with Crippen LogP contribution in [0, 0.1) is 0 Å². The van der Waals surface area contributed by atoms with Gasteiger partial charge in [-0.05, 0) is 12.1 Å². The summed E-state index contributed by atoms with van der Waals surface area (Å²) in [5.41, 5.74) is 0.223. The number of carbonyl (C=O) groups excluding carboxylic acids is 1. The van der Waals surface area contributed by atoms with Gasteiger partial charge in [-0.3, -0.25) is 9.59 Å². The van der Waals surface area contributed by atoms with Gasteiger partial charge in [0, 0.05) is 24.7 Å². The third-order valence-corrected chi connectivity index (χ3v) is 3.70. The molecule has 0 aromatic heterocycles. The van der Waals surface area contributed by atoms with Crippen molar-refractivity contribution in [1.82, 2.24) is 10.2 Å². The van der Waals surface area contributed by atoms with Gasteiger partial charge in [-0.15, -0.1) is 0 Å². The highest BCUT2D eigenvalue weighted by Crippen LogP contribution is 2.33. The molecule has 1 saturated heterocycles. The molecule has 0 aliphatic carbocycles. The van der Waals surface area contributed by atoms with Gasteiger partial charge in [-0.25, -0.2) is 0 Å². The van der Waals surface area contributed by atoms with E-state index >= 15 is 0 Å². The van der Waals surface area contributed by atoms with Crippen LogP contribution in [0.2, 0.25) is 10.0 Å². The van der Waals surface area contributed by atoms with Crippen molar-refractivity contribution in [1.29, 1.82) is 0 Å². The van der Waals surface area contributed by atoms with E-state index in [4.69, 9.17) is 33.0 Å². The molecule has 6 nitrogen and oxygen atoms in total. The van der Waals surface area contributed by atoms with Crippen molar-refractivity contribution in [2.45, 2.75) is 6.04 Å². The fourth-order valence-electron chi connectivity index (χ4n) is 2.20. The molecule has 1 aromatic rings. The van der Waals surface area contributed by atoms with Crippen LogP contribution in [0.15, 0.2) is 12.1 Å². The molecule has 2 N–H and O–H groups in total. The average molecular weight is 333 g/mol. The smallest absolute Gasteiger partial charge is 0.322 e. The minimum absolute atomic E-state index is 0.0709. The molecule has 1 aromatic carbocycles. The number of rotatable bonds is 3. The van der Waals surface area contributed by atoms with Crippen molar-refractivity contribution in [2.75, 3.05) is 26.7 Å². The predicted octanol–water partition coefficient (Wildman–Crippen LogP) is 1.50. The standard InChI is InChI=1S/C13H14Cl2N2O4/c1-21-11-8(4-7(14)5-9(11)15)12(18)17-3-2-16-10(6-17)13(19)20/h4-5,10,16H,2-3,6H2,1H3,(H,19,20). The Bertz CT molecular complexity index is 580. The topological polar surface area (TPSA) is 78.9 Å². The first kappa shape index (κ1) is 15.9. The third-order valence-electron chi connectivity index (χ3n) is 3.20. The second kappa shape index (κ2) is 6.51. The summed E-state index contributed by atoms with van der Waals surface area (Å²) in [5, 5.41) is 12.4. The molecule has 0 saturated carbocycles. The number of halogens is 2. The second-order valence-electron chi connectivity index (χ2n) is 4.56. The van der Waals surface area contributed by atoms with Gasteiger partial charge in [0.2, 0.25) is 0 Å². The molecule has 1 fully saturated rings. The molecule has 1 aliphatic rings. The van der Waals surface area contributed by atoms with Crippen LogP contribution in [0.4, 0.5) is 0 Å². The molecule has 0 bridgehead atoms. The van der Waals surface area contributed by atoms with Crippen LogP contribution in [0.3, 0.4) is 0 Å². The third kappa shape index (κ3) is 3.40. The van der Waals surface area contributed by atoms with Gasteiger partial charge in [0.05, 0.1) is 17.7 Å². The van der Waals surface area contributed by atoms with Crippen LogP contribution >= 0.6 is 23.2 Å². The van der Waals surface area contributed by atoms with E-state index in [-0.39, 0.29) is 28.8 Å². The van der Waals surface area contributed by atoms with Crippen LogP contribution in [0.1, 0.15) is 10.4 Å². The summed E-state index contributed by atoms with van der Waals surface area (Å²) < 4.78 is 5.15. The molecular formula is C13H14Cl2N2O4. The quantitative estimate of drug-likeness (QED) is 0.876. The van der Waals surface area contributed by atoms with Crippen molar-refractivity contribution < 1.29 is 19.4 Å². The first-order valence-corrected chi connectivity index (χ1v) is 6.98. The number of nitrogens with one attached hydrogen (secondary N) is 1. The van der Waals surface area contributed by atoms with Crippen LogP contribution in [-0.4, -0.2) is 54.7 Å². The number of hydrogen-bond acceptors (Lipinski definition) is 4. The minimum atomic E-state index is -0.997. The maximum Gasteiger partial charge on any atom is 0.322 e. The molecule has 2 rings (SSSR count). The van der Waals surface area contributed by atoms with Gasteiger partial charge >= 0.3 is 5.97 Å². The first-order valence-electron chi connectivity index (χ1n) is 6.22. The Hall–Kier alpha value is -1.50. The van der Waals surface area contributed by atoms with E-state index in [1.165, 1.54) is 24.1 Å². The van der Waals surface area contributed by atoms with Crippen molar-refractivity contribution >= 4 is 35.1 Å². The van der Waals surface area contributed by atoms with E-state index in [2.05, 4.69) is 5.32 Å². The Kier molecular flexibility index (Phi) is 4.92. The number of methoxy groups -OCH3 is 1. The van der Waals surface area contributed by atoms with E-state index < -0.39 is 12.0 Å². The van der Waals surface area contributed by atoms with Crippen LogP contribution < -0.4 is 10.1 Å². The van der Waals surface area contributed by atoms with Crippen LogP contribution in [0.5, 0.6) is 5.75 Å². The normalized spacial score (nSPS) is 18.4. The average Bonchev–Trinajstić information content (AvgIpc) is 2.45. The summed E-state index contributed by atoms with van der Waals surface area (Å²) in [5.74, 6) is -1.12. The number of aliphatic carboxylic acids is 1. The molecule has 8 heteroatoms. The maximum atomic E-state index is 12.6. The summed E-state index contributed by atoms with van der Waals surface area (Å²) in [4.78, 5) is 25.0. The van der Waals surface area contributed by atoms with Gasteiger partial charge in [0.15, 0.2) is 0 Å². The van der Waals surface area contributed by atoms with E-state index in [1.807, 2.05) is 0 Å². The molecule has 0 spiro atoms. The van der Waals surface area contributed by atoms with Gasteiger partial charge in [-0.2, -0.15) is 0 Å². The van der Waals surface area contributed by atoms with E-state index in [1.54, 1.807) is 0 Å². The maximum absolute atomic E-state index is 12.6. The summed E-state index contributed by atoms with van der Waals surface area (Å²) in [6.07, 6.45) is 0. The molecular weight excluding hydrogens is 319 g/mol. The fraction of sp³-hybridized carbons (Fsp3) is 0.385. The number of hydrogen-bond donors (Lipinski definition) is 2. The molecule has 1 atom stereocenters. The Morgan fingerprint density at radius 2 is 2.14 bits per heavy atom. The number of benzene rings is 1. The first-order chi connectivity index (χ1) is 9.93. The van der Waals surface area contributed by atoms with E-state index in [0.29, 0.717) is 18.1 Å². The highest BCUT2D eigenvalue weighted by atomic mass is 35.5. The number of carboxylic acid groups (broad SMARTS) is 1. The lowest BCUT2D eigenvalue weighted by atomic mass is 10.1. The number of piperazine rings is 1. The fourth-order valence-corrected chi connectivity index (χ4v) is 2.77. The molecule has 1 aliphatic heterocycles. The van der Waals surface area contributed by atoms with E-state index in [0.717, 1.165) is 0 Å². The molecule has 0 radical (unpaired) electrons.